The fourth-order valence-corrected chi connectivity index (χ4v) is 5.06. The number of hydrogen-bond acceptors (Lipinski definition) is 5. The summed E-state index contributed by atoms with van der Waals surface area (Å²) in [6.45, 7) is 6.56. The number of unbranched alkanes of at least 4 members (excludes halogenated alkanes) is 15. The van der Waals surface area contributed by atoms with E-state index in [-0.39, 0.29) is 19.2 Å². The zero-order valence-electron chi connectivity index (χ0n) is 25.6. The van der Waals surface area contributed by atoms with Crippen LogP contribution in [0.25, 0.3) is 0 Å². The number of carbonyl (C=O) groups is 1. The Morgan fingerprint density at radius 3 is 1.58 bits per heavy atom. The van der Waals surface area contributed by atoms with Crippen molar-refractivity contribution >= 4 is 13.9 Å². The number of phosphoric ester groups is 1. The van der Waals surface area contributed by atoms with Gasteiger partial charge in [0.15, 0.2) is 0 Å². The van der Waals surface area contributed by atoms with Gasteiger partial charge in [-0.25, -0.2) is 4.79 Å². The molecule has 0 aliphatic rings. The lowest BCUT2D eigenvalue weighted by atomic mass is 10.0. The molecule has 0 rings (SSSR count). The molecular formula is C29H62N3O5P. The van der Waals surface area contributed by atoms with Gasteiger partial charge in [-0.1, -0.05) is 103 Å². The van der Waals surface area contributed by atoms with E-state index in [1.54, 1.807) is 4.90 Å². The molecule has 0 aromatic heterocycles. The molecule has 2 amide bonds. The smallest absolute Gasteiger partial charge is 0.317 e. The lowest BCUT2D eigenvalue weighted by Gasteiger charge is -2.27. The van der Waals surface area contributed by atoms with Crippen molar-refractivity contribution in [3.05, 3.63) is 0 Å². The van der Waals surface area contributed by atoms with Gasteiger partial charge in [-0.2, -0.15) is 0 Å². The van der Waals surface area contributed by atoms with E-state index in [1.807, 2.05) is 28.1 Å². The molecule has 0 fully saturated rings. The van der Waals surface area contributed by atoms with Crippen LogP contribution in [0.15, 0.2) is 0 Å². The second kappa shape index (κ2) is 24.2. The van der Waals surface area contributed by atoms with Crippen molar-refractivity contribution in [3.8, 4) is 0 Å². The van der Waals surface area contributed by atoms with Gasteiger partial charge in [-0.3, -0.25) is 4.57 Å². The molecule has 228 valence electrons. The summed E-state index contributed by atoms with van der Waals surface area (Å²) in [5.41, 5.74) is 0. The lowest BCUT2D eigenvalue weighted by molar-refractivity contribution is -0.870. The van der Waals surface area contributed by atoms with Crippen molar-refractivity contribution in [2.45, 2.75) is 123 Å². The number of hydrogen-bond donors (Lipinski definition) is 1. The van der Waals surface area contributed by atoms with E-state index < -0.39 is 7.82 Å². The summed E-state index contributed by atoms with van der Waals surface area (Å²) in [6.07, 6.45) is 21.5. The van der Waals surface area contributed by atoms with Crippen LogP contribution in [0, 0.1) is 0 Å². The summed E-state index contributed by atoms with van der Waals surface area (Å²) in [6, 6.07) is -0.0991. The molecule has 0 aliphatic heterocycles. The largest absolute Gasteiger partial charge is 0.756 e. The Bertz CT molecular complexity index is 601. The van der Waals surface area contributed by atoms with Crippen LogP contribution >= 0.6 is 7.82 Å². The number of amides is 2. The molecule has 0 saturated heterocycles. The second-order valence-electron chi connectivity index (χ2n) is 11.6. The normalized spacial score (nSPS) is 13.4. The topological polar surface area (TPSA) is 90.9 Å². The first-order chi connectivity index (χ1) is 18.1. The maximum atomic E-state index is 12.4. The molecule has 0 aromatic carbocycles. The first-order valence-electron chi connectivity index (χ1n) is 15.5. The molecule has 0 bridgehead atoms. The number of quaternary nitrogens is 1. The number of rotatable bonds is 27. The number of carbonyl (C=O) groups excluding carboxylic acids is 1. The van der Waals surface area contributed by atoms with Gasteiger partial charge in [0.05, 0.1) is 27.7 Å². The summed E-state index contributed by atoms with van der Waals surface area (Å²) in [4.78, 5) is 26.1. The van der Waals surface area contributed by atoms with Crippen LogP contribution in [0.2, 0.25) is 0 Å². The van der Waals surface area contributed by atoms with Gasteiger partial charge in [0.1, 0.15) is 13.2 Å². The molecule has 0 radical (unpaired) electrons. The molecule has 38 heavy (non-hydrogen) atoms. The van der Waals surface area contributed by atoms with Crippen LogP contribution in [0.4, 0.5) is 4.79 Å². The molecule has 0 aliphatic carbocycles. The minimum absolute atomic E-state index is 0.0139. The third-order valence-electron chi connectivity index (χ3n) is 6.73. The van der Waals surface area contributed by atoms with Crippen molar-refractivity contribution in [2.75, 3.05) is 60.5 Å². The molecule has 0 aromatic rings. The first-order valence-corrected chi connectivity index (χ1v) is 17.0. The van der Waals surface area contributed by atoms with E-state index in [0.29, 0.717) is 37.1 Å². The highest BCUT2D eigenvalue weighted by atomic mass is 31.2. The second-order valence-corrected chi connectivity index (χ2v) is 13.0. The predicted octanol–water partition coefficient (Wildman–Crippen LogP) is 6.88. The van der Waals surface area contributed by atoms with E-state index in [2.05, 4.69) is 12.2 Å². The molecule has 0 saturated carbocycles. The van der Waals surface area contributed by atoms with Crippen LogP contribution in [0.1, 0.15) is 123 Å². The van der Waals surface area contributed by atoms with Crippen LogP contribution in [-0.2, 0) is 13.6 Å². The first kappa shape index (κ1) is 37.3. The third kappa shape index (κ3) is 25.6. The number of nitrogens with one attached hydrogen (secondary N) is 1. The number of nitrogens with zero attached hydrogens (tertiary/aromatic N) is 2. The SMILES string of the molecule is CCCCCCCCCCCCCCCCCCN(CCCOP(=O)([O-])OCC[N+](C)(C)C)C(=O)NCC. The standard InChI is InChI=1S/C29H62N3O5P/c1-6-8-9-10-11-12-13-14-15-16-17-18-19-20-21-22-24-31(29(33)30-7-2)25-23-27-36-38(34,35)37-28-26-32(3,4)5/h6-28H2,1-5H3,(H-,30,33,34,35). The molecule has 1 atom stereocenters. The summed E-state index contributed by atoms with van der Waals surface area (Å²) in [5.74, 6) is 0. The molecule has 0 heterocycles. The van der Waals surface area contributed by atoms with Crippen LogP contribution < -0.4 is 10.2 Å². The van der Waals surface area contributed by atoms with E-state index in [9.17, 15) is 14.3 Å². The van der Waals surface area contributed by atoms with Gasteiger partial charge in [0, 0.05) is 19.6 Å². The monoisotopic (exact) mass is 563 g/mol. The molecule has 8 nitrogen and oxygen atoms in total. The van der Waals surface area contributed by atoms with Crippen molar-refractivity contribution in [3.63, 3.8) is 0 Å². The van der Waals surface area contributed by atoms with Gasteiger partial charge in [-0.05, 0) is 19.8 Å². The van der Waals surface area contributed by atoms with E-state index in [0.717, 1.165) is 12.8 Å². The highest BCUT2D eigenvalue weighted by Crippen LogP contribution is 2.38. The van der Waals surface area contributed by atoms with Gasteiger partial charge in [0.2, 0.25) is 0 Å². The zero-order chi connectivity index (χ0) is 28.5. The lowest BCUT2D eigenvalue weighted by Crippen LogP contribution is -2.41. The Kier molecular flexibility index (Phi) is 23.7. The molecular weight excluding hydrogens is 501 g/mol. The number of phosphoric acid groups is 1. The maximum absolute atomic E-state index is 12.4. The summed E-state index contributed by atoms with van der Waals surface area (Å²) in [5, 5.41) is 2.85. The van der Waals surface area contributed by atoms with Crippen molar-refractivity contribution in [1.29, 1.82) is 0 Å². The Labute approximate surface area is 235 Å². The Balaban J connectivity index is 3.86. The molecule has 9 heteroatoms. The predicted molar refractivity (Wildman–Crippen MR) is 157 cm³/mol. The zero-order valence-corrected chi connectivity index (χ0v) is 26.5. The Morgan fingerprint density at radius 2 is 1.13 bits per heavy atom. The molecule has 0 spiro atoms. The average molecular weight is 564 g/mol. The Hall–Kier alpha value is -0.660. The fraction of sp³-hybridized carbons (Fsp3) is 0.966. The van der Waals surface area contributed by atoms with Crippen LogP contribution in [-0.4, -0.2) is 75.9 Å². The summed E-state index contributed by atoms with van der Waals surface area (Å²) < 4.78 is 22.4. The van der Waals surface area contributed by atoms with Crippen molar-refractivity contribution in [1.82, 2.24) is 10.2 Å². The van der Waals surface area contributed by atoms with E-state index in [4.69, 9.17) is 9.05 Å². The van der Waals surface area contributed by atoms with E-state index in [1.165, 1.54) is 89.9 Å². The minimum atomic E-state index is -4.31. The maximum Gasteiger partial charge on any atom is 0.317 e. The molecule has 1 unspecified atom stereocenters. The number of urea groups is 1. The third-order valence-corrected chi connectivity index (χ3v) is 7.73. The highest BCUT2D eigenvalue weighted by molar-refractivity contribution is 7.45. The molecule has 1 N–H and O–H groups in total. The van der Waals surface area contributed by atoms with Gasteiger partial charge in [0.25, 0.3) is 7.82 Å². The average Bonchev–Trinajstić information content (AvgIpc) is 2.84. The minimum Gasteiger partial charge on any atom is -0.756 e. The number of likely N-dealkylation sites (N-methyl/N-ethyl adjacent to an activating group) is 1. The van der Waals surface area contributed by atoms with Crippen LogP contribution in [0.5, 0.6) is 0 Å². The van der Waals surface area contributed by atoms with Gasteiger partial charge in [-0.15, -0.1) is 0 Å². The van der Waals surface area contributed by atoms with E-state index >= 15 is 0 Å². The van der Waals surface area contributed by atoms with Gasteiger partial charge >= 0.3 is 6.03 Å². The highest BCUT2D eigenvalue weighted by Gasteiger charge is 2.15. The van der Waals surface area contributed by atoms with Crippen LogP contribution in [0.3, 0.4) is 0 Å². The van der Waals surface area contributed by atoms with Crippen molar-refractivity contribution < 1.29 is 27.8 Å². The Morgan fingerprint density at radius 1 is 0.711 bits per heavy atom. The fourth-order valence-electron chi connectivity index (χ4n) is 4.32. The van der Waals surface area contributed by atoms with Gasteiger partial charge < -0.3 is 28.6 Å². The van der Waals surface area contributed by atoms with Crippen molar-refractivity contribution in [2.24, 2.45) is 0 Å². The quantitative estimate of drug-likeness (QED) is 0.0668. The summed E-state index contributed by atoms with van der Waals surface area (Å²) in [7, 11) is 1.59. The summed E-state index contributed by atoms with van der Waals surface area (Å²) >= 11 is 0.